The number of nitrogens with two attached hydrogens (primary N) is 1. The van der Waals surface area contributed by atoms with E-state index in [1.54, 1.807) is 36.5 Å². The lowest BCUT2D eigenvalue weighted by molar-refractivity contribution is 0.459. The van der Waals surface area contributed by atoms with E-state index in [1.807, 2.05) is 0 Å². The van der Waals surface area contributed by atoms with E-state index >= 15 is 4.39 Å². The van der Waals surface area contributed by atoms with Crippen molar-refractivity contribution in [3.8, 4) is 21.8 Å². The predicted octanol–water partition coefficient (Wildman–Crippen LogP) is 4.18. The molecule has 0 bridgehead atoms. The summed E-state index contributed by atoms with van der Waals surface area (Å²) >= 11 is 1.50. The number of aromatic nitrogens is 3. The van der Waals surface area contributed by atoms with Crippen molar-refractivity contribution in [3.05, 3.63) is 59.9 Å². The molecule has 0 amide bonds. The summed E-state index contributed by atoms with van der Waals surface area (Å²) < 4.78 is 35.9. The van der Waals surface area contributed by atoms with Crippen LogP contribution in [0, 0.1) is 5.82 Å². The molecule has 170 valence electrons. The van der Waals surface area contributed by atoms with Crippen LogP contribution in [0.1, 0.15) is 23.8 Å². The molecule has 1 aliphatic heterocycles. The summed E-state index contributed by atoms with van der Waals surface area (Å²) in [6.07, 6.45) is 6.28. The van der Waals surface area contributed by atoms with Crippen LogP contribution in [0.4, 0.5) is 16.0 Å². The van der Waals surface area contributed by atoms with Crippen molar-refractivity contribution < 1.29 is 13.0 Å². The van der Waals surface area contributed by atoms with Gasteiger partial charge in [-0.1, -0.05) is 6.07 Å². The van der Waals surface area contributed by atoms with Gasteiger partial charge < -0.3 is 15.5 Å². The molecule has 4 heterocycles. The molecule has 1 unspecified atom stereocenters. The molecular formula is C22H21FN6O2S2. The molecule has 1 aliphatic rings. The Kier molecular flexibility index (Phi) is 6.16. The zero-order chi connectivity index (χ0) is 22.8. The minimum atomic E-state index is -1.67. The second-order valence-electron chi connectivity index (χ2n) is 7.55. The van der Waals surface area contributed by atoms with Crippen molar-refractivity contribution in [2.45, 2.75) is 23.7 Å². The van der Waals surface area contributed by atoms with E-state index in [9.17, 15) is 4.21 Å². The minimum absolute atomic E-state index is 0.108. The van der Waals surface area contributed by atoms with Gasteiger partial charge in [-0.15, -0.1) is 11.3 Å². The van der Waals surface area contributed by atoms with Crippen LogP contribution in [0.25, 0.3) is 21.8 Å². The molecule has 5 rings (SSSR count). The van der Waals surface area contributed by atoms with Crippen LogP contribution in [-0.4, -0.2) is 32.3 Å². The Bertz CT molecular complexity index is 1290. The minimum Gasteiger partial charge on any atom is -0.471 e. The van der Waals surface area contributed by atoms with Gasteiger partial charge in [0.25, 0.3) is 0 Å². The van der Waals surface area contributed by atoms with Gasteiger partial charge >= 0.3 is 0 Å². The van der Waals surface area contributed by atoms with Crippen LogP contribution in [0.2, 0.25) is 0 Å². The first-order valence-electron chi connectivity index (χ1n) is 10.4. The number of rotatable bonds is 6. The molecule has 4 N–H and O–H groups in total. The number of piperidine rings is 1. The number of nitrogens with one attached hydrogen (secondary N) is 2. The zero-order valence-electron chi connectivity index (χ0n) is 17.5. The van der Waals surface area contributed by atoms with Gasteiger partial charge in [0.05, 0.1) is 38.1 Å². The first-order chi connectivity index (χ1) is 16.1. The van der Waals surface area contributed by atoms with Crippen LogP contribution in [-0.2, 0) is 11.0 Å². The summed E-state index contributed by atoms with van der Waals surface area (Å²) in [5, 5.41) is 4.30. The number of hydrogen-bond acceptors (Lipinski definition) is 8. The third kappa shape index (κ3) is 4.52. The van der Waals surface area contributed by atoms with E-state index in [4.69, 9.17) is 15.1 Å². The summed E-state index contributed by atoms with van der Waals surface area (Å²) in [7, 11) is -1.67. The van der Waals surface area contributed by atoms with Gasteiger partial charge in [-0.2, -0.15) is 0 Å². The maximum absolute atomic E-state index is 15.7. The van der Waals surface area contributed by atoms with Gasteiger partial charge in [0, 0.05) is 17.7 Å². The summed E-state index contributed by atoms with van der Waals surface area (Å²) in [5.41, 5.74) is 7.30. The Morgan fingerprint density at radius 1 is 1.21 bits per heavy atom. The Morgan fingerprint density at radius 3 is 2.82 bits per heavy atom. The normalized spacial score (nSPS) is 15.4. The summed E-state index contributed by atoms with van der Waals surface area (Å²) in [4.78, 5) is 14.3. The smallest absolute Gasteiger partial charge is 0.220 e. The fourth-order valence-electron chi connectivity index (χ4n) is 3.75. The highest BCUT2D eigenvalue weighted by molar-refractivity contribution is 7.86. The molecule has 1 atom stereocenters. The average molecular weight is 485 g/mol. The Balaban J connectivity index is 1.57. The fourth-order valence-corrected chi connectivity index (χ4v) is 5.76. The quantitative estimate of drug-likeness (QED) is 0.376. The predicted molar refractivity (Wildman–Crippen MR) is 127 cm³/mol. The number of hydrogen-bond donors (Lipinski definition) is 3. The summed E-state index contributed by atoms with van der Waals surface area (Å²) in [6, 6.07) is 8.21. The maximum atomic E-state index is 15.7. The molecule has 1 saturated heterocycles. The molecular weight excluding hydrogens is 463 g/mol. The molecule has 0 spiro atoms. The molecule has 0 radical (unpaired) electrons. The number of nitrogen functional groups attached to an aromatic ring is 1. The summed E-state index contributed by atoms with van der Waals surface area (Å²) in [6.45, 7) is 1.84. The van der Waals surface area contributed by atoms with E-state index < -0.39 is 16.8 Å². The molecule has 1 aromatic carbocycles. The van der Waals surface area contributed by atoms with Gasteiger partial charge in [0.15, 0.2) is 16.8 Å². The highest BCUT2D eigenvalue weighted by Crippen LogP contribution is 2.42. The average Bonchev–Trinajstić information content (AvgIpc) is 3.52. The number of anilines is 2. The highest BCUT2D eigenvalue weighted by atomic mass is 32.2. The molecule has 0 saturated carbocycles. The maximum Gasteiger partial charge on any atom is 0.220 e. The Morgan fingerprint density at radius 2 is 2.06 bits per heavy atom. The molecule has 8 nitrogen and oxygen atoms in total. The lowest BCUT2D eigenvalue weighted by atomic mass is 9.99. The van der Waals surface area contributed by atoms with Gasteiger partial charge in [-0.3, -0.25) is 4.72 Å². The SMILES string of the molecule is Nc1nccc(-c2sc(C3CCNCC3)nc2-c2cccc(NS(=O)c3ccoc3)c2F)n1. The van der Waals surface area contributed by atoms with E-state index in [-0.39, 0.29) is 11.6 Å². The van der Waals surface area contributed by atoms with Gasteiger partial charge in [0.2, 0.25) is 5.95 Å². The number of nitrogens with zero attached hydrogens (tertiary/aromatic N) is 3. The van der Waals surface area contributed by atoms with Crippen LogP contribution in [0.15, 0.2) is 58.4 Å². The second kappa shape index (κ2) is 9.38. The summed E-state index contributed by atoms with van der Waals surface area (Å²) in [5.74, 6) is -0.109. The Hall–Kier alpha value is -3.15. The molecule has 33 heavy (non-hydrogen) atoms. The van der Waals surface area contributed by atoms with Crippen molar-refractivity contribution in [3.63, 3.8) is 0 Å². The van der Waals surface area contributed by atoms with Crippen LogP contribution >= 0.6 is 11.3 Å². The first-order valence-corrected chi connectivity index (χ1v) is 12.4. The van der Waals surface area contributed by atoms with E-state index in [0.29, 0.717) is 27.8 Å². The largest absolute Gasteiger partial charge is 0.471 e. The Labute approximate surface area is 196 Å². The van der Waals surface area contributed by atoms with Crippen LogP contribution in [0.3, 0.4) is 0 Å². The van der Waals surface area contributed by atoms with E-state index in [0.717, 1.165) is 35.8 Å². The first kappa shape index (κ1) is 21.7. The number of thiazole rings is 1. The van der Waals surface area contributed by atoms with E-state index in [1.165, 1.54) is 23.9 Å². The fraction of sp³-hybridized carbons (Fsp3) is 0.227. The molecule has 3 aromatic heterocycles. The molecule has 4 aromatic rings. The lowest BCUT2D eigenvalue weighted by Gasteiger charge is -2.20. The van der Waals surface area contributed by atoms with Crippen LogP contribution in [0.5, 0.6) is 0 Å². The van der Waals surface area contributed by atoms with Crippen molar-refractivity contribution in [1.29, 1.82) is 0 Å². The number of benzene rings is 1. The van der Waals surface area contributed by atoms with Gasteiger partial charge in [0.1, 0.15) is 6.26 Å². The topological polar surface area (TPSA) is 119 Å². The van der Waals surface area contributed by atoms with Crippen molar-refractivity contribution in [2.75, 3.05) is 23.5 Å². The molecule has 0 aliphatic carbocycles. The molecule has 11 heteroatoms. The number of furan rings is 1. The monoisotopic (exact) mass is 484 g/mol. The third-order valence-electron chi connectivity index (χ3n) is 5.40. The lowest BCUT2D eigenvalue weighted by Crippen LogP contribution is -2.26. The molecule has 1 fully saturated rings. The van der Waals surface area contributed by atoms with Gasteiger partial charge in [-0.05, 0) is 50.2 Å². The van der Waals surface area contributed by atoms with Gasteiger partial charge in [-0.25, -0.2) is 23.6 Å². The third-order valence-corrected chi connectivity index (χ3v) is 7.71. The van der Waals surface area contributed by atoms with Crippen molar-refractivity contribution >= 4 is 34.0 Å². The van der Waals surface area contributed by atoms with Crippen molar-refractivity contribution in [2.24, 2.45) is 0 Å². The van der Waals surface area contributed by atoms with E-state index in [2.05, 4.69) is 20.0 Å². The highest BCUT2D eigenvalue weighted by Gasteiger charge is 2.25. The zero-order valence-corrected chi connectivity index (χ0v) is 19.1. The van der Waals surface area contributed by atoms with Crippen molar-refractivity contribution in [1.82, 2.24) is 20.3 Å². The number of halogens is 1. The second-order valence-corrected chi connectivity index (χ2v) is 9.79. The standard InChI is InChI=1S/C22H21FN6O2S2/c23-18-15(2-1-3-16(18)29-33(30)14-7-11-31-12-14)19-20(17-6-10-26-22(24)27-17)32-21(28-19)13-4-8-25-9-5-13/h1-3,6-7,10-13,25,29H,4-5,8-9H2,(H2,24,26,27). The van der Waals surface area contributed by atoms with Crippen LogP contribution < -0.4 is 15.8 Å².